The molecule has 0 fully saturated rings. The van der Waals surface area contributed by atoms with E-state index in [-0.39, 0.29) is 0 Å². The van der Waals surface area contributed by atoms with Gasteiger partial charge in [-0.05, 0) is 31.9 Å². The number of nitro groups is 1. The van der Waals surface area contributed by atoms with Gasteiger partial charge in [0.1, 0.15) is 0 Å². The van der Waals surface area contributed by atoms with E-state index in [0.29, 0.717) is 4.47 Å². The minimum atomic E-state index is -4.14. The van der Waals surface area contributed by atoms with Crippen molar-refractivity contribution in [2.24, 2.45) is 5.14 Å². The highest BCUT2D eigenvalue weighted by Gasteiger charge is 2.24. The summed E-state index contributed by atoms with van der Waals surface area (Å²) in [4.78, 5) is 12.2. The van der Waals surface area contributed by atoms with Crippen LogP contribution in [-0.2, 0) is 10.0 Å². The predicted octanol–water partition coefficient (Wildman–Crippen LogP) is 0.400. The number of rotatable bonds is 2. The summed E-state index contributed by atoms with van der Waals surface area (Å²) < 4.78 is 22.1. The maximum Gasteiger partial charge on any atom is 0.383 e. The van der Waals surface area contributed by atoms with E-state index >= 15 is 0 Å². The Balaban J connectivity index is 3.54. The van der Waals surface area contributed by atoms with Crippen molar-refractivity contribution in [1.29, 1.82) is 0 Å². The Morgan fingerprint density at radius 2 is 2.14 bits per heavy atom. The third-order valence-electron chi connectivity index (χ3n) is 1.28. The Hall–Kier alpha value is -1.06. The third kappa shape index (κ3) is 2.25. The maximum atomic E-state index is 10.9. The zero-order valence-corrected chi connectivity index (χ0v) is 8.95. The van der Waals surface area contributed by atoms with Gasteiger partial charge in [-0.1, -0.05) is 0 Å². The summed E-state index contributed by atoms with van der Waals surface area (Å²) in [5.74, 6) is -0.782. The molecule has 0 aliphatic carbocycles. The van der Waals surface area contributed by atoms with Crippen LogP contribution in [0.2, 0.25) is 0 Å². The van der Waals surface area contributed by atoms with Gasteiger partial charge in [0.05, 0.1) is 4.47 Å². The lowest BCUT2D eigenvalue weighted by molar-refractivity contribution is -0.392. The van der Waals surface area contributed by atoms with Gasteiger partial charge in [-0.25, -0.2) is 13.6 Å². The normalized spacial score (nSPS) is 11.3. The first-order valence-electron chi connectivity index (χ1n) is 3.15. The van der Waals surface area contributed by atoms with Gasteiger partial charge in [0.15, 0.2) is 11.1 Å². The highest BCUT2D eigenvalue weighted by Crippen LogP contribution is 2.22. The first kappa shape index (κ1) is 11.0. The molecule has 1 aromatic heterocycles. The summed E-state index contributed by atoms with van der Waals surface area (Å²) in [7, 11) is -4.14. The molecule has 14 heavy (non-hydrogen) atoms. The van der Waals surface area contributed by atoms with Crippen molar-refractivity contribution in [2.75, 3.05) is 0 Å². The highest BCUT2D eigenvalue weighted by atomic mass is 79.9. The summed E-state index contributed by atoms with van der Waals surface area (Å²) in [6.07, 6.45) is 1.12. The third-order valence-corrected chi connectivity index (χ3v) is 2.63. The number of sulfonamides is 1. The van der Waals surface area contributed by atoms with Crippen LogP contribution in [-0.4, -0.2) is 18.3 Å². The van der Waals surface area contributed by atoms with Crippen molar-refractivity contribution in [3.05, 3.63) is 26.9 Å². The van der Waals surface area contributed by atoms with Crippen molar-refractivity contribution < 1.29 is 13.3 Å². The maximum absolute atomic E-state index is 10.9. The van der Waals surface area contributed by atoms with Gasteiger partial charge < -0.3 is 10.1 Å². The zero-order valence-electron chi connectivity index (χ0n) is 6.55. The predicted molar refractivity (Wildman–Crippen MR) is 50.0 cm³/mol. The molecule has 1 rings (SSSR count). The molecule has 2 N–H and O–H groups in total. The molecule has 0 atom stereocenters. The second-order valence-corrected chi connectivity index (χ2v) is 4.72. The average molecular weight is 282 g/mol. The van der Waals surface area contributed by atoms with Crippen molar-refractivity contribution >= 4 is 31.8 Å². The summed E-state index contributed by atoms with van der Waals surface area (Å²) in [5.41, 5.74) is 0. The van der Waals surface area contributed by atoms with Crippen molar-refractivity contribution in [2.45, 2.75) is 4.90 Å². The van der Waals surface area contributed by atoms with Gasteiger partial charge in [0.25, 0.3) is 0 Å². The largest absolute Gasteiger partial charge is 0.383 e. The van der Waals surface area contributed by atoms with Crippen LogP contribution in [0.3, 0.4) is 0 Å². The van der Waals surface area contributed by atoms with Crippen LogP contribution in [0, 0.1) is 10.1 Å². The van der Waals surface area contributed by atoms with Crippen LogP contribution in [0.1, 0.15) is 0 Å². The second kappa shape index (κ2) is 3.59. The Labute approximate surface area is 87.3 Å². The SMILES string of the molecule is NS(=O)(=O)c1cc(Br)cnc1[N+](=O)[O-]. The van der Waals surface area contributed by atoms with E-state index in [1.54, 1.807) is 0 Å². The standard InChI is InChI=1S/C5H4BrN3O4S/c6-3-1-4(14(7,12)13)5(8-2-3)9(10)11/h1-2H,(H2,7,12,13). The molecule has 0 saturated carbocycles. The van der Waals surface area contributed by atoms with Gasteiger partial charge in [-0.2, -0.15) is 0 Å². The highest BCUT2D eigenvalue weighted by molar-refractivity contribution is 9.10. The molecule has 0 aromatic carbocycles. The monoisotopic (exact) mass is 281 g/mol. The molecule has 0 radical (unpaired) electrons. The number of halogens is 1. The fourth-order valence-corrected chi connectivity index (χ4v) is 1.92. The van der Waals surface area contributed by atoms with Crippen molar-refractivity contribution in [1.82, 2.24) is 4.98 Å². The summed E-state index contributed by atoms with van der Waals surface area (Å²) in [6.45, 7) is 0. The van der Waals surface area contributed by atoms with Crippen LogP contribution >= 0.6 is 15.9 Å². The number of primary sulfonamides is 1. The number of nitrogens with zero attached hydrogens (tertiary/aromatic N) is 2. The van der Waals surface area contributed by atoms with Crippen molar-refractivity contribution in [3.63, 3.8) is 0 Å². The van der Waals surface area contributed by atoms with E-state index in [9.17, 15) is 18.5 Å². The molecule has 0 saturated heterocycles. The first-order valence-corrected chi connectivity index (χ1v) is 5.49. The lowest BCUT2D eigenvalue weighted by Gasteiger charge is -1.99. The summed E-state index contributed by atoms with van der Waals surface area (Å²) in [6, 6.07) is 1.03. The van der Waals surface area contributed by atoms with Crippen LogP contribution < -0.4 is 5.14 Å². The van der Waals surface area contributed by atoms with Gasteiger partial charge in [0.2, 0.25) is 10.0 Å². The van der Waals surface area contributed by atoms with Gasteiger partial charge in [-0.15, -0.1) is 0 Å². The van der Waals surface area contributed by atoms with Gasteiger partial charge in [0, 0.05) is 0 Å². The Morgan fingerprint density at radius 3 is 2.57 bits per heavy atom. The van der Waals surface area contributed by atoms with E-state index in [1.165, 1.54) is 0 Å². The number of hydrogen-bond donors (Lipinski definition) is 1. The topological polar surface area (TPSA) is 116 Å². The van der Waals surface area contributed by atoms with E-state index in [1.807, 2.05) is 0 Å². The Bertz CT molecular complexity index is 486. The minimum absolute atomic E-state index is 0.298. The molecule has 0 spiro atoms. The number of nitrogens with two attached hydrogens (primary N) is 1. The summed E-state index contributed by atoms with van der Waals surface area (Å²) >= 11 is 2.93. The molecule has 0 amide bonds. The molecular formula is C5H4BrN3O4S. The van der Waals surface area contributed by atoms with Gasteiger partial charge in [-0.3, -0.25) is 0 Å². The minimum Gasteiger partial charge on any atom is -0.358 e. The lowest BCUT2D eigenvalue weighted by Crippen LogP contribution is -2.15. The Morgan fingerprint density at radius 1 is 1.57 bits per heavy atom. The quantitative estimate of drug-likeness (QED) is 0.622. The number of hydrogen-bond acceptors (Lipinski definition) is 5. The molecule has 0 aliphatic rings. The first-order chi connectivity index (χ1) is 6.32. The molecule has 0 aliphatic heterocycles. The Kier molecular flexibility index (Phi) is 2.83. The average Bonchev–Trinajstić information content (AvgIpc) is 2.01. The number of aromatic nitrogens is 1. The fourth-order valence-electron chi connectivity index (χ4n) is 0.760. The molecule has 1 aromatic rings. The van der Waals surface area contributed by atoms with E-state index in [2.05, 4.69) is 20.9 Å². The van der Waals surface area contributed by atoms with E-state index in [0.717, 1.165) is 12.3 Å². The molecule has 7 nitrogen and oxygen atoms in total. The summed E-state index contributed by atoms with van der Waals surface area (Å²) in [5, 5.41) is 15.2. The molecule has 0 bridgehead atoms. The van der Waals surface area contributed by atoms with Gasteiger partial charge >= 0.3 is 5.82 Å². The molecule has 76 valence electrons. The van der Waals surface area contributed by atoms with E-state index < -0.39 is 25.7 Å². The smallest absolute Gasteiger partial charge is 0.358 e. The lowest BCUT2D eigenvalue weighted by atomic mass is 10.5. The van der Waals surface area contributed by atoms with Crippen LogP contribution in [0.4, 0.5) is 5.82 Å². The number of pyridine rings is 1. The van der Waals surface area contributed by atoms with E-state index in [4.69, 9.17) is 5.14 Å². The molecule has 9 heteroatoms. The van der Waals surface area contributed by atoms with Crippen LogP contribution in [0.5, 0.6) is 0 Å². The molecule has 1 heterocycles. The van der Waals surface area contributed by atoms with Crippen LogP contribution in [0.25, 0.3) is 0 Å². The molecular weight excluding hydrogens is 278 g/mol. The van der Waals surface area contributed by atoms with Crippen LogP contribution in [0.15, 0.2) is 21.6 Å². The molecule has 0 unspecified atom stereocenters. The van der Waals surface area contributed by atoms with Crippen molar-refractivity contribution in [3.8, 4) is 0 Å². The fraction of sp³-hybridized carbons (Fsp3) is 0. The zero-order chi connectivity index (χ0) is 10.9. The second-order valence-electron chi connectivity index (χ2n) is 2.28.